The predicted molar refractivity (Wildman–Crippen MR) is 89.5 cm³/mol. The third-order valence-electron chi connectivity index (χ3n) is 3.44. The fraction of sp³-hybridized carbons (Fsp3) is 0.278. The number of hydrogen-bond donors (Lipinski definition) is 2. The van der Waals surface area contributed by atoms with Crippen molar-refractivity contribution >= 4 is 5.91 Å². The molecule has 122 valence electrons. The van der Waals surface area contributed by atoms with Gasteiger partial charge in [0.25, 0.3) is 0 Å². The Hall–Kier alpha value is -2.53. The van der Waals surface area contributed by atoms with E-state index in [0.29, 0.717) is 13.1 Å². The van der Waals surface area contributed by atoms with Crippen LogP contribution in [0.25, 0.3) is 0 Å². The fourth-order valence-corrected chi connectivity index (χ4v) is 2.17. The zero-order chi connectivity index (χ0) is 16.5. The minimum absolute atomic E-state index is 0.0456. The van der Waals surface area contributed by atoms with Gasteiger partial charge in [-0.15, -0.1) is 0 Å². The molecule has 2 rings (SSSR count). The van der Waals surface area contributed by atoms with Gasteiger partial charge >= 0.3 is 0 Å². The molecule has 2 N–H and O–H groups in total. The molecular weight excluding hydrogens is 292 g/mol. The Morgan fingerprint density at radius 2 is 1.70 bits per heavy atom. The summed E-state index contributed by atoms with van der Waals surface area (Å²) in [6.07, 6.45) is 0. The van der Waals surface area contributed by atoms with Gasteiger partial charge in [-0.1, -0.05) is 30.3 Å². The fourth-order valence-electron chi connectivity index (χ4n) is 2.17. The maximum atomic E-state index is 11.9. The molecule has 0 saturated heterocycles. The molecule has 0 aliphatic heterocycles. The standard InChI is InChI=1S/C18H22N2O3/c1-22-16-9-7-14(8-10-16)11-20-18(21)13-19-12-15-5-3-4-6-17(15)23-2/h3-10,19H,11-13H2,1-2H3,(H,20,21). The molecule has 23 heavy (non-hydrogen) atoms. The van der Waals surface area contributed by atoms with Crippen molar-refractivity contribution in [2.45, 2.75) is 13.1 Å². The van der Waals surface area contributed by atoms with Crippen LogP contribution in [0, 0.1) is 0 Å². The second-order valence-corrected chi connectivity index (χ2v) is 5.04. The number of amides is 1. The molecule has 0 saturated carbocycles. The highest BCUT2D eigenvalue weighted by molar-refractivity contribution is 5.77. The first-order chi connectivity index (χ1) is 11.2. The summed E-state index contributed by atoms with van der Waals surface area (Å²) in [6, 6.07) is 15.4. The van der Waals surface area contributed by atoms with E-state index in [1.165, 1.54) is 0 Å². The largest absolute Gasteiger partial charge is 0.497 e. The van der Waals surface area contributed by atoms with Gasteiger partial charge in [-0.25, -0.2) is 0 Å². The molecule has 0 unspecified atom stereocenters. The Bertz CT molecular complexity index is 626. The van der Waals surface area contributed by atoms with E-state index in [-0.39, 0.29) is 12.5 Å². The first-order valence-corrected chi connectivity index (χ1v) is 7.45. The number of para-hydroxylation sites is 1. The van der Waals surface area contributed by atoms with Crippen molar-refractivity contribution in [1.29, 1.82) is 0 Å². The second-order valence-electron chi connectivity index (χ2n) is 5.04. The van der Waals surface area contributed by atoms with Crippen LogP contribution in [0.3, 0.4) is 0 Å². The lowest BCUT2D eigenvalue weighted by Gasteiger charge is -2.10. The topological polar surface area (TPSA) is 59.6 Å². The van der Waals surface area contributed by atoms with Crippen molar-refractivity contribution in [1.82, 2.24) is 10.6 Å². The van der Waals surface area contributed by atoms with Crippen LogP contribution >= 0.6 is 0 Å². The highest BCUT2D eigenvalue weighted by Gasteiger charge is 2.04. The molecule has 0 bridgehead atoms. The second kappa shape index (κ2) is 8.80. The van der Waals surface area contributed by atoms with E-state index in [2.05, 4.69) is 10.6 Å². The van der Waals surface area contributed by atoms with E-state index in [4.69, 9.17) is 9.47 Å². The summed E-state index contributed by atoms with van der Waals surface area (Å²) in [5, 5.41) is 6.00. The molecule has 1 amide bonds. The number of hydrogen-bond acceptors (Lipinski definition) is 4. The SMILES string of the molecule is COc1ccc(CNC(=O)CNCc2ccccc2OC)cc1. The summed E-state index contributed by atoms with van der Waals surface area (Å²) >= 11 is 0. The van der Waals surface area contributed by atoms with Gasteiger partial charge in [0, 0.05) is 18.7 Å². The maximum Gasteiger partial charge on any atom is 0.234 e. The van der Waals surface area contributed by atoms with Crippen LogP contribution in [0.2, 0.25) is 0 Å². The number of carbonyl (C=O) groups excluding carboxylic acids is 1. The van der Waals surface area contributed by atoms with Gasteiger partial charge in [0.05, 0.1) is 20.8 Å². The van der Waals surface area contributed by atoms with Crippen LogP contribution in [0.4, 0.5) is 0 Å². The molecule has 0 aromatic heterocycles. The summed E-state index contributed by atoms with van der Waals surface area (Å²) in [6.45, 7) is 1.34. The van der Waals surface area contributed by atoms with Gasteiger partial charge in [0.15, 0.2) is 0 Å². The average molecular weight is 314 g/mol. The molecule has 0 fully saturated rings. The number of nitrogens with one attached hydrogen (secondary N) is 2. The minimum Gasteiger partial charge on any atom is -0.497 e. The average Bonchev–Trinajstić information content (AvgIpc) is 2.61. The summed E-state index contributed by atoms with van der Waals surface area (Å²) in [4.78, 5) is 11.9. The Morgan fingerprint density at radius 3 is 2.39 bits per heavy atom. The first-order valence-electron chi connectivity index (χ1n) is 7.45. The van der Waals surface area contributed by atoms with Crippen LogP contribution in [0.15, 0.2) is 48.5 Å². The molecular formula is C18H22N2O3. The lowest BCUT2D eigenvalue weighted by atomic mass is 10.2. The highest BCUT2D eigenvalue weighted by Crippen LogP contribution is 2.16. The third kappa shape index (κ3) is 5.30. The summed E-state index contributed by atoms with van der Waals surface area (Å²) in [5.74, 6) is 1.58. The van der Waals surface area contributed by atoms with Crippen molar-refractivity contribution in [3.05, 3.63) is 59.7 Å². The Balaban J connectivity index is 1.72. The van der Waals surface area contributed by atoms with Crippen molar-refractivity contribution < 1.29 is 14.3 Å². The molecule has 5 nitrogen and oxygen atoms in total. The van der Waals surface area contributed by atoms with E-state index in [1.54, 1.807) is 14.2 Å². The molecule has 0 atom stereocenters. The van der Waals surface area contributed by atoms with E-state index >= 15 is 0 Å². The number of methoxy groups -OCH3 is 2. The van der Waals surface area contributed by atoms with Gasteiger partial charge < -0.3 is 20.1 Å². The van der Waals surface area contributed by atoms with Gasteiger partial charge in [-0.05, 0) is 23.8 Å². The highest BCUT2D eigenvalue weighted by atomic mass is 16.5. The molecule has 0 spiro atoms. The molecule has 2 aromatic carbocycles. The smallest absolute Gasteiger partial charge is 0.234 e. The van der Waals surface area contributed by atoms with E-state index in [9.17, 15) is 4.79 Å². The van der Waals surface area contributed by atoms with Gasteiger partial charge in [0.2, 0.25) is 5.91 Å². The van der Waals surface area contributed by atoms with Crippen molar-refractivity contribution in [3.8, 4) is 11.5 Å². The van der Waals surface area contributed by atoms with Gasteiger partial charge in [-0.3, -0.25) is 4.79 Å². The first kappa shape index (κ1) is 16.8. The van der Waals surface area contributed by atoms with Crippen molar-refractivity contribution in [3.63, 3.8) is 0 Å². The number of ether oxygens (including phenoxy) is 2. The Labute approximate surface area is 136 Å². The van der Waals surface area contributed by atoms with E-state index in [0.717, 1.165) is 22.6 Å². The quantitative estimate of drug-likeness (QED) is 0.783. The molecule has 2 aromatic rings. The van der Waals surface area contributed by atoms with E-state index < -0.39 is 0 Å². The predicted octanol–water partition coefficient (Wildman–Crippen LogP) is 2.11. The van der Waals surface area contributed by atoms with Gasteiger partial charge in [-0.2, -0.15) is 0 Å². The van der Waals surface area contributed by atoms with Crippen molar-refractivity contribution in [2.75, 3.05) is 20.8 Å². The summed E-state index contributed by atoms with van der Waals surface area (Å²) in [7, 11) is 3.27. The third-order valence-corrected chi connectivity index (χ3v) is 3.44. The Morgan fingerprint density at radius 1 is 0.957 bits per heavy atom. The van der Waals surface area contributed by atoms with Crippen LogP contribution in [0.1, 0.15) is 11.1 Å². The van der Waals surface area contributed by atoms with Gasteiger partial charge in [0.1, 0.15) is 11.5 Å². The summed E-state index contributed by atoms with van der Waals surface area (Å²) in [5.41, 5.74) is 2.06. The van der Waals surface area contributed by atoms with Crippen molar-refractivity contribution in [2.24, 2.45) is 0 Å². The molecule has 0 aliphatic rings. The summed E-state index contributed by atoms with van der Waals surface area (Å²) < 4.78 is 10.4. The number of benzene rings is 2. The molecule has 5 heteroatoms. The monoisotopic (exact) mass is 314 g/mol. The van der Waals surface area contributed by atoms with Crippen LogP contribution in [-0.4, -0.2) is 26.7 Å². The van der Waals surface area contributed by atoms with Crippen LogP contribution in [-0.2, 0) is 17.9 Å². The van der Waals surface area contributed by atoms with E-state index in [1.807, 2.05) is 48.5 Å². The van der Waals surface area contributed by atoms with Crippen LogP contribution < -0.4 is 20.1 Å². The van der Waals surface area contributed by atoms with Crippen LogP contribution in [0.5, 0.6) is 11.5 Å². The lowest BCUT2D eigenvalue weighted by molar-refractivity contribution is -0.120. The Kier molecular flexibility index (Phi) is 6.44. The zero-order valence-corrected chi connectivity index (χ0v) is 13.5. The molecule has 0 aliphatic carbocycles. The normalized spacial score (nSPS) is 10.2. The number of carbonyl (C=O) groups is 1. The minimum atomic E-state index is -0.0456. The number of rotatable bonds is 8. The lowest BCUT2D eigenvalue weighted by Crippen LogP contribution is -2.33. The maximum absolute atomic E-state index is 11.9. The molecule has 0 radical (unpaired) electrons. The zero-order valence-electron chi connectivity index (χ0n) is 13.5. The molecule has 0 heterocycles.